The van der Waals surface area contributed by atoms with E-state index in [4.69, 9.17) is 16.6 Å². The maximum Gasteiger partial charge on any atom is 0.302 e. The van der Waals surface area contributed by atoms with Crippen molar-refractivity contribution in [3.8, 4) is 5.69 Å². The Hall–Kier alpha value is -4.63. The Morgan fingerprint density at radius 2 is 1.60 bits per heavy atom. The summed E-state index contributed by atoms with van der Waals surface area (Å²) in [6.45, 7) is 4.20. The third-order valence-electron chi connectivity index (χ3n) is 6.46. The quantitative estimate of drug-likeness (QED) is 0.261. The lowest BCUT2D eigenvalue weighted by molar-refractivity contribution is -0.140. The highest BCUT2D eigenvalue weighted by molar-refractivity contribution is 6.31. The van der Waals surface area contributed by atoms with Gasteiger partial charge in [-0.3, -0.25) is 28.8 Å². The molecule has 0 unspecified atom stereocenters. The average molecular weight is 556 g/mol. The highest BCUT2D eigenvalue weighted by atomic mass is 35.5. The minimum atomic E-state index is -0.280. The minimum Gasteiger partial charge on any atom is -0.466 e. The summed E-state index contributed by atoms with van der Waals surface area (Å²) in [7, 11) is 0. The third-order valence-corrected chi connectivity index (χ3v) is 6.70. The SMILES string of the molecule is CCOC(C)=O.O=C1c2ccccc2C(=O)N1CCc1nnc2n1-c1ccc(Cl)cc1C(c1ccccc1)=NC2. The van der Waals surface area contributed by atoms with Gasteiger partial charge in [0.2, 0.25) is 0 Å². The summed E-state index contributed by atoms with van der Waals surface area (Å²) < 4.78 is 6.36. The summed E-state index contributed by atoms with van der Waals surface area (Å²) in [4.78, 5) is 41.5. The van der Waals surface area contributed by atoms with Gasteiger partial charge in [0, 0.05) is 36.0 Å². The minimum absolute atomic E-state index is 0.208. The van der Waals surface area contributed by atoms with Crippen LogP contribution >= 0.6 is 11.6 Å². The predicted molar refractivity (Wildman–Crippen MR) is 150 cm³/mol. The Labute approximate surface area is 236 Å². The van der Waals surface area contributed by atoms with Gasteiger partial charge in [0.15, 0.2) is 5.82 Å². The number of carbonyl (C=O) groups is 3. The number of benzene rings is 3. The van der Waals surface area contributed by atoms with E-state index in [0.29, 0.717) is 47.4 Å². The summed E-state index contributed by atoms with van der Waals surface area (Å²) >= 11 is 6.37. The van der Waals surface area contributed by atoms with E-state index < -0.39 is 0 Å². The van der Waals surface area contributed by atoms with Crippen molar-refractivity contribution in [2.24, 2.45) is 4.99 Å². The van der Waals surface area contributed by atoms with E-state index in [1.165, 1.54) is 11.8 Å². The number of imide groups is 1. The average Bonchev–Trinajstić information content (AvgIpc) is 3.40. The van der Waals surface area contributed by atoms with Crippen LogP contribution in [0.15, 0.2) is 77.8 Å². The molecule has 0 saturated carbocycles. The van der Waals surface area contributed by atoms with Crippen molar-refractivity contribution in [2.75, 3.05) is 13.2 Å². The first-order valence-electron chi connectivity index (χ1n) is 12.8. The zero-order valence-corrected chi connectivity index (χ0v) is 22.8. The maximum atomic E-state index is 12.8. The Balaban J connectivity index is 0.000000487. The van der Waals surface area contributed by atoms with Crippen molar-refractivity contribution in [3.63, 3.8) is 0 Å². The molecule has 6 rings (SSSR count). The van der Waals surface area contributed by atoms with Gasteiger partial charge < -0.3 is 4.74 Å². The molecule has 0 radical (unpaired) electrons. The van der Waals surface area contributed by atoms with E-state index in [1.54, 1.807) is 31.2 Å². The van der Waals surface area contributed by atoms with Crippen LogP contribution in [-0.2, 0) is 22.5 Å². The molecule has 10 heteroatoms. The van der Waals surface area contributed by atoms with Crippen molar-refractivity contribution in [2.45, 2.75) is 26.8 Å². The number of aliphatic imine (C=N–C) groups is 1. The van der Waals surface area contributed by atoms with E-state index in [9.17, 15) is 14.4 Å². The van der Waals surface area contributed by atoms with Crippen LogP contribution in [0.2, 0.25) is 5.02 Å². The lowest BCUT2D eigenvalue weighted by Crippen LogP contribution is -2.32. The molecule has 0 spiro atoms. The molecule has 9 nitrogen and oxygen atoms in total. The normalized spacial score (nSPS) is 13.4. The van der Waals surface area contributed by atoms with Crippen LogP contribution in [0.1, 0.15) is 57.3 Å². The number of carbonyl (C=O) groups excluding carboxylic acids is 3. The Bertz CT molecular complexity index is 1600. The summed E-state index contributed by atoms with van der Waals surface area (Å²) in [5.41, 5.74) is 4.43. The third kappa shape index (κ3) is 5.28. The van der Waals surface area contributed by atoms with Crippen LogP contribution in [-0.4, -0.2) is 56.3 Å². The Morgan fingerprint density at radius 3 is 2.23 bits per heavy atom. The molecule has 202 valence electrons. The van der Waals surface area contributed by atoms with Crippen LogP contribution in [0.25, 0.3) is 5.69 Å². The molecule has 0 aliphatic carbocycles. The standard InChI is InChI=1S/C26H18ClN5O2.C4H8O2/c27-17-10-11-21-20(14-17)24(16-6-2-1-3-7-16)28-15-23-30-29-22(32(21)23)12-13-31-25(33)18-8-4-5-9-19(18)26(31)34;1-3-6-4(2)5/h1-11,14H,12-13,15H2;3H2,1-2H3. The van der Waals surface area contributed by atoms with Crippen molar-refractivity contribution in [1.82, 2.24) is 19.7 Å². The number of aromatic nitrogens is 3. The first-order chi connectivity index (χ1) is 19.4. The molecule has 2 aliphatic rings. The smallest absolute Gasteiger partial charge is 0.302 e. The van der Waals surface area contributed by atoms with Crippen LogP contribution in [0.5, 0.6) is 0 Å². The molecular weight excluding hydrogens is 530 g/mol. The molecule has 2 amide bonds. The second-order valence-electron chi connectivity index (χ2n) is 9.04. The molecule has 3 aromatic carbocycles. The zero-order valence-electron chi connectivity index (χ0n) is 22.0. The van der Waals surface area contributed by atoms with E-state index in [1.807, 2.05) is 53.1 Å². The number of esters is 1. The first kappa shape index (κ1) is 27.0. The highest BCUT2D eigenvalue weighted by Crippen LogP contribution is 2.29. The fraction of sp³-hybridized carbons (Fsp3) is 0.200. The molecule has 1 aromatic heterocycles. The van der Waals surface area contributed by atoms with E-state index in [2.05, 4.69) is 14.9 Å². The van der Waals surface area contributed by atoms with Gasteiger partial charge in [-0.2, -0.15) is 0 Å². The van der Waals surface area contributed by atoms with Gasteiger partial charge in [0.25, 0.3) is 11.8 Å². The number of nitrogens with zero attached hydrogens (tertiary/aromatic N) is 5. The highest BCUT2D eigenvalue weighted by Gasteiger charge is 2.35. The number of hydrogen-bond acceptors (Lipinski definition) is 7. The number of ether oxygens (including phenoxy) is 1. The fourth-order valence-electron chi connectivity index (χ4n) is 4.72. The number of rotatable bonds is 5. The van der Waals surface area contributed by atoms with Crippen molar-refractivity contribution in [3.05, 3.63) is 112 Å². The molecule has 0 N–H and O–H groups in total. The molecular formula is C30H26ClN5O4. The Kier molecular flexibility index (Phi) is 7.84. The van der Waals surface area contributed by atoms with Gasteiger partial charge in [0.05, 0.1) is 29.1 Å². The van der Waals surface area contributed by atoms with Gasteiger partial charge in [-0.15, -0.1) is 10.2 Å². The molecule has 0 bridgehead atoms. The van der Waals surface area contributed by atoms with Crippen molar-refractivity contribution >= 4 is 35.1 Å². The topological polar surface area (TPSA) is 107 Å². The number of amides is 2. The second-order valence-corrected chi connectivity index (χ2v) is 9.48. The van der Waals surface area contributed by atoms with Crippen molar-refractivity contribution in [1.29, 1.82) is 0 Å². The number of halogens is 1. The van der Waals surface area contributed by atoms with Crippen LogP contribution in [0.3, 0.4) is 0 Å². The van der Waals surface area contributed by atoms with Gasteiger partial charge in [-0.1, -0.05) is 54.1 Å². The lowest BCUT2D eigenvalue weighted by atomic mass is 10.0. The van der Waals surface area contributed by atoms with E-state index in [-0.39, 0.29) is 24.3 Å². The van der Waals surface area contributed by atoms with Crippen molar-refractivity contribution < 1.29 is 19.1 Å². The number of hydrogen-bond donors (Lipinski definition) is 0. The second kappa shape index (κ2) is 11.6. The number of fused-ring (bicyclic) bond motifs is 4. The maximum absolute atomic E-state index is 12.8. The predicted octanol–water partition coefficient (Wildman–Crippen LogP) is 4.68. The molecule has 4 aromatic rings. The summed E-state index contributed by atoms with van der Waals surface area (Å²) in [6.07, 6.45) is 0.362. The lowest BCUT2D eigenvalue weighted by Gasteiger charge is -2.16. The molecule has 40 heavy (non-hydrogen) atoms. The molecule has 0 atom stereocenters. The van der Waals surface area contributed by atoms with Crippen LogP contribution in [0, 0.1) is 0 Å². The fourth-order valence-corrected chi connectivity index (χ4v) is 4.90. The monoisotopic (exact) mass is 555 g/mol. The largest absolute Gasteiger partial charge is 0.466 e. The molecule has 0 saturated heterocycles. The van der Waals surface area contributed by atoms with E-state index >= 15 is 0 Å². The Morgan fingerprint density at radius 1 is 0.925 bits per heavy atom. The summed E-state index contributed by atoms with van der Waals surface area (Å²) in [6, 6.07) is 22.5. The van der Waals surface area contributed by atoms with Crippen LogP contribution in [0.4, 0.5) is 0 Å². The first-order valence-corrected chi connectivity index (χ1v) is 13.2. The summed E-state index contributed by atoms with van der Waals surface area (Å²) in [5.74, 6) is 0.570. The van der Waals surface area contributed by atoms with Gasteiger partial charge in [0.1, 0.15) is 12.4 Å². The molecule has 3 heterocycles. The zero-order chi connectivity index (χ0) is 28.2. The summed E-state index contributed by atoms with van der Waals surface area (Å²) in [5, 5.41) is 9.36. The van der Waals surface area contributed by atoms with E-state index in [0.717, 1.165) is 22.5 Å². The van der Waals surface area contributed by atoms with Gasteiger partial charge >= 0.3 is 5.97 Å². The van der Waals surface area contributed by atoms with Crippen LogP contribution < -0.4 is 0 Å². The molecule has 2 aliphatic heterocycles. The van der Waals surface area contributed by atoms with Gasteiger partial charge in [-0.25, -0.2) is 0 Å². The van der Waals surface area contributed by atoms with Gasteiger partial charge in [-0.05, 0) is 37.3 Å². The molecule has 0 fully saturated rings.